The van der Waals surface area contributed by atoms with Crippen LogP contribution in [0.1, 0.15) is 30.0 Å². The van der Waals surface area contributed by atoms with Crippen molar-refractivity contribution in [3.05, 3.63) is 29.3 Å². The van der Waals surface area contributed by atoms with Gasteiger partial charge in [-0.3, -0.25) is 4.90 Å². The third-order valence-corrected chi connectivity index (χ3v) is 4.17. The SMILES string of the molecule is COc1cc([C@@H](CCC(F)(F)F)N2CCNCC2)cc(C(F)(F)F)c1. The van der Waals surface area contributed by atoms with E-state index in [9.17, 15) is 26.3 Å². The van der Waals surface area contributed by atoms with Gasteiger partial charge in [0, 0.05) is 38.6 Å². The van der Waals surface area contributed by atoms with Gasteiger partial charge >= 0.3 is 12.4 Å². The van der Waals surface area contributed by atoms with E-state index in [4.69, 9.17) is 4.74 Å². The molecule has 0 aromatic heterocycles. The highest BCUT2D eigenvalue weighted by Gasteiger charge is 2.35. The Morgan fingerprint density at radius 3 is 2.24 bits per heavy atom. The average molecular weight is 370 g/mol. The van der Waals surface area contributed by atoms with Crippen LogP contribution in [0.5, 0.6) is 5.75 Å². The molecule has 25 heavy (non-hydrogen) atoms. The van der Waals surface area contributed by atoms with Gasteiger partial charge in [-0.25, -0.2) is 0 Å². The molecule has 1 fully saturated rings. The minimum Gasteiger partial charge on any atom is -0.497 e. The van der Waals surface area contributed by atoms with E-state index in [1.807, 2.05) is 0 Å². The predicted molar refractivity (Wildman–Crippen MR) is 80.5 cm³/mol. The summed E-state index contributed by atoms with van der Waals surface area (Å²) in [5, 5.41) is 3.08. The largest absolute Gasteiger partial charge is 0.497 e. The lowest BCUT2D eigenvalue weighted by atomic mass is 9.97. The zero-order chi connectivity index (χ0) is 18.7. The van der Waals surface area contributed by atoms with Gasteiger partial charge in [0.25, 0.3) is 0 Å². The number of alkyl halides is 6. The summed E-state index contributed by atoms with van der Waals surface area (Å²) in [6.45, 7) is 2.11. The summed E-state index contributed by atoms with van der Waals surface area (Å²) in [5.41, 5.74) is -0.730. The number of methoxy groups -OCH3 is 1. The maximum atomic E-state index is 13.1. The molecule has 0 saturated carbocycles. The van der Waals surface area contributed by atoms with Crippen molar-refractivity contribution in [3.8, 4) is 5.75 Å². The molecule has 3 nitrogen and oxygen atoms in total. The highest BCUT2D eigenvalue weighted by atomic mass is 19.4. The maximum absolute atomic E-state index is 13.1. The molecular formula is C16H20F6N2O. The highest BCUT2D eigenvalue weighted by Crippen LogP contribution is 2.38. The molecule has 0 bridgehead atoms. The fourth-order valence-corrected chi connectivity index (χ4v) is 2.95. The zero-order valence-electron chi connectivity index (χ0n) is 13.7. The summed E-state index contributed by atoms with van der Waals surface area (Å²) < 4.78 is 82.3. The van der Waals surface area contributed by atoms with Crippen LogP contribution in [0.2, 0.25) is 0 Å². The lowest BCUT2D eigenvalue weighted by Crippen LogP contribution is -2.45. The molecule has 1 aliphatic heterocycles. The van der Waals surface area contributed by atoms with E-state index in [-0.39, 0.29) is 17.7 Å². The van der Waals surface area contributed by atoms with Crippen molar-refractivity contribution in [2.24, 2.45) is 0 Å². The van der Waals surface area contributed by atoms with Gasteiger partial charge in [-0.15, -0.1) is 0 Å². The minimum atomic E-state index is -4.60. The summed E-state index contributed by atoms with van der Waals surface area (Å²) in [7, 11) is 1.23. The first kappa shape index (κ1) is 19.8. The molecule has 9 heteroatoms. The number of piperazine rings is 1. The first-order valence-electron chi connectivity index (χ1n) is 7.88. The predicted octanol–water partition coefficient (Wildman–Crippen LogP) is 4.00. The molecule has 0 amide bonds. The fourth-order valence-electron chi connectivity index (χ4n) is 2.95. The molecule has 0 unspecified atom stereocenters. The summed E-state index contributed by atoms with van der Waals surface area (Å²) >= 11 is 0. The third kappa shape index (κ3) is 5.78. The Bertz CT molecular complexity index is 567. The number of nitrogens with one attached hydrogen (secondary N) is 1. The van der Waals surface area contributed by atoms with Gasteiger partial charge in [-0.05, 0) is 30.2 Å². The average Bonchev–Trinajstić information content (AvgIpc) is 2.54. The monoisotopic (exact) mass is 370 g/mol. The molecule has 1 aromatic rings. The van der Waals surface area contributed by atoms with E-state index in [0.717, 1.165) is 12.1 Å². The van der Waals surface area contributed by atoms with Crippen molar-refractivity contribution in [3.63, 3.8) is 0 Å². The number of halogens is 6. The van der Waals surface area contributed by atoms with Crippen LogP contribution in [0.3, 0.4) is 0 Å². The highest BCUT2D eigenvalue weighted by molar-refractivity contribution is 5.37. The van der Waals surface area contributed by atoms with Gasteiger partial charge in [0.1, 0.15) is 5.75 Å². The second-order valence-electron chi connectivity index (χ2n) is 5.95. The molecular weight excluding hydrogens is 350 g/mol. The van der Waals surface area contributed by atoms with Crippen LogP contribution in [0.25, 0.3) is 0 Å². The quantitative estimate of drug-likeness (QED) is 0.793. The zero-order valence-corrected chi connectivity index (χ0v) is 13.7. The first-order chi connectivity index (χ1) is 11.6. The second-order valence-corrected chi connectivity index (χ2v) is 5.95. The summed E-state index contributed by atoms with van der Waals surface area (Å²) in [6.07, 6.45) is -10.3. The van der Waals surface area contributed by atoms with Crippen LogP contribution in [0.4, 0.5) is 26.3 Å². The van der Waals surface area contributed by atoms with Crippen LogP contribution in [-0.2, 0) is 6.18 Å². The molecule has 1 heterocycles. The molecule has 1 atom stereocenters. The van der Waals surface area contributed by atoms with Crippen molar-refractivity contribution in [1.29, 1.82) is 0 Å². The van der Waals surface area contributed by atoms with Gasteiger partial charge in [-0.1, -0.05) is 0 Å². The number of ether oxygens (including phenoxy) is 1. The van der Waals surface area contributed by atoms with Crippen LogP contribution in [0.15, 0.2) is 18.2 Å². The molecule has 1 aliphatic rings. The lowest BCUT2D eigenvalue weighted by molar-refractivity contribution is -0.140. The van der Waals surface area contributed by atoms with Gasteiger partial charge in [0.05, 0.1) is 12.7 Å². The van der Waals surface area contributed by atoms with Crippen LogP contribution in [0, 0.1) is 0 Å². The normalized spacial score (nSPS) is 18.2. The summed E-state index contributed by atoms with van der Waals surface area (Å²) in [5.74, 6) is -0.0167. The number of hydrogen-bond acceptors (Lipinski definition) is 3. The van der Waals surface area contributed by atoms with E-state index >= 15 is 0 Å². The fraction of sp³-hybridized carbons (Fsp3) is 0.625. The molecule has 1 saturated heterocycles. The van der Waals surface area contributed by atoms with Crippen LogP contribution >= 0.6 is 0 Å². The standard InChI is InChI=1S/C16H20F6N2O/c1-25-13-9-11(8-12(10-13)16(20,21)22)14(2-3-15(17,18)19)24-6-4-23-5-7-24/h8-10,14,23H,2-7H2,1H3/t14-/m1/s1. The van der Waals surface area contributed by atoms with Crippen LogP contribution in [-0.4, -0.2) is 44.4 Å². The number of hydrogen-bond donors (Lipinski definition) is 1. The number of benzene rings is 1. The van der Waals surface area contributed by atoms with E-state index in [1.165, 1.54) is 13.2 Å². The summed E-state index contributed by atoms with van der Waals surface area (Å²) in [6, 6.07) is 2.41. The molecule has 1 aromatic carbocycles. The third-order valence-electron chi connectivity index (χ3n) is 4.17. The number of rotatable bonds is 5. The molecule has 2 rings (SSSR count). The van der Waals surface area contributed by atoms with E-state index in [0.29, 0.717) is 26.2 Å². The Morgan fingerprint density at radius 1 is 1.08 bits per heavy atom. The van der Waals surface area contributed by atoms with Gasteiger partial charge < -0.3 is 10.1 Å². The van der Waals surface area contributed by atoms with E-state index in [2.05, 4.69) is 5.32 Å². The van der Waals surface area contributed by atoms with Crippen LogP contribution < -0.4 is 10.1 Å². The number of nitrogens with zero attached hydrogens (tertiary/aromatic N) is 1. The smallest absolute Gasteiger partial charge is 0.416 e. The topological polar surface area (TPSA) is 24.5 Å². The van der Waals surface area contributed by atoms with E-state index < -0.39 is 30.4 Å². The van der Waals surface area contributed by atoms with E-state index in [1.54, 1.807) is 4.90 Å². The Kier molecular flexibility index (Phi) is 6.21. The van der Waals surface area contributed by atoms with Crippen molar-refractivity contribution < 1.29 is 31.1 Å². The molecule has 0 spiro atoms. The Labute approximate surface area is 141 Å². The first-order valence-corrected chi connectivity index (χ1v) is 7.88. The molecule has 0 radical (unpaired) electrons. The molecule has 0 aliphatic carbocycles. The molecule has 1 N–H and O–H groups in total. The molecule has 142 valence electrons. The Balaban J connectivity index is 2.37. The lowest BCUT2D eigenvalue weighted by Gasteiger charge is -2.36. The van der Waals surface area contributed by atoms with Crippen molar-refractivity contribution in [1.82, 2.24) is 10.2 Å². The van der Waals surface area contributed by atoms with Gasteiger partial charge in [-0.2, -0.15) is 26.3 Å². The van der Waals surface area contributed by atoms with Crippen molar-refractivity contribution in [2.45, 2.75) is 31.2 Å². The maximum Gasteiger partial charge on any atom is 0.416 e. The van der Waals surface area contributed by atoms with Gasteiger partial charge in [0.2, 0.25) is 0 Å². The second kappa shape index (κ2) is 7.82. The van der Waals surface area contributed by atoms with Crippen molar-refractivity contribution in [2.75, 3.05) is 33.3 Å². The summed E-state index contributed by atoms with van der Waals surface area (Å²) in [4.78, 5) is 1.79. The van der Waals surface area contributed by atoms with Crippen molar-refractivity contribution >= 4 is 0 Å². The van der Waals surface area contributed by atoms with Gasteiger partial charge in [0.15, 0.2) is 0 Å². The minimum absolute atomic E-state index is 0.0167. The Morgan fingerprint density at radius 2 is 1.72 bits per heavy atom. The Hall–Kier alpha value is -1.48.